The summed E-state index contributed by atoms with van der Waals surface area (Å²) < 4.78 is 23.4. The molecule has 1 fully saturated rings. The van der Waals surface area contributed by atoms with Crippen LogP contribution in [0.3, 0.4) is 0 Å². The van der Waals surface area contributed by atoms with Crippen molar-refractivity contribution in [1.82, 2.24) is 10.6 Å². The summed E-state index contributed by atoms with van der Waals surface area (Å²) >= 11 is 0. The Bertz CT molecular complexity index is 909. The molecule has 3 rings (SSSR count). The lowest BCUT2D eigenvalue weighted by molar-refractivity contribution is -0.123. The van der Waals surface area contributed by atoms with Gasteiger partial charge in [-0.15, -0.1) is 0 Å². The quantitative estimate of drug-likeness (QED) is 0.613. The first-order chi connectivity index (χ1) is 14.4. The molecule has 1 saturated heterocycles. The van der Waals surface area contributed by atoms with E-state index in [1.165, 1.54) is 18.2 Å². The smallest absolute Gasteiger partial charge is 0.374 e. The Hall–Kier alpha value is -3.16. The number of nitrogens with one attached hydrogen (secondary N) is 2. The minimum absolute atomic E-state index is 0.0420. The van der Waals surface area contributed by atoms with Crippen LogP contribution in [0.1, 0.15) is 54.5 Å². The van der Waals surface area contributed by atoms with Crippen LogP contribution in [-0.2, 0) is 27.3 Å². The Kier molecular flexibility index (Phi) is 6.87. The summed E-state index contributed by atoms with van der Waals surface area (Å²) in [6.07, 6.45) is 2.25. The van der Waals surface area contributed by atoms with Crippen molar-refractivity contribution >= 4 is 17.8 Å². The summed E-state index contributed by atoms with van der Waals surface area (Å²) in [5.74, 6) is -0.556. The highest BCUT2D eigenvalue weighted by atomic mass is 19.1. The highest BCUT2D eigenvalue weighted by molar-refractivity contribution is 5.86. The van der Waals surface area contributed by atoms with Gasteiger partial charge in [-0.2, -0.15) is 0 Å². The predicted molar refractivity (Wildman–Crippen MR) is 106 cm³/mol. The molecule has 2 amide bonds. The van der Waals surface area contributed by atoms with Crippen molar-refractivity contribution in [3.05, 3.63) is 59.3 Å². The highest BCUT2D eigenvalue weighted by Gasteiger charge is 2.37. The molecule has 2 aromatic rings. The van der Waals surface area contributed by atoms with Gasteiger partial charge in [0.05, 0.1) is 13.2 Å². The van der Waals surface area contributed by atoms with E-state index in [9.17, 15) is 18.8 Å². The normalized spacial score (nSPS) is 18.1. The second-order valence-electron chi connectivity index (χ2n) is 7.39. The number of benzene rings is 1. The van der Waals surface area contributed by atoms with Crippen molar-refractivity contribution < 1.29 is 27.9 Å². The van der Waals surface area contributed by atoms with Crippen LogP contribution in [0.2, 0.25) is 0 Å². The van der Waals surface area contributed by atoms with Crippen LogP contribution in [0.15, 0.2) is 40.8 Å². The number of furan rings is 1. The zero-order valence-electron chi connectivity index (χ0n) is 16.8. The molecule has 0 bridgehead atoms. The van der Waals surface area contributed by atoms with Crippen LogP contribution in [0.4, 0.5) is 4.39 Å². The first-order valence-electron chi connectivity index (χ1n) is 9.97. The summed E-state index contributed by atoms with van der Waals surface area (Å²) in [4.78, 5) is 35.8. The van der Waals surface area contributed by atoms with E-state index in [0.29, 0.717) is 31.4 Å². The molecule has 1 unspecified atom stereocenters. The Morgan fingerprint density at radius 3 is 2.67 bits per heavy atom. The van der Waals surface area contributed by atoms with Gasteiger partial charge in [0.2, 0.25) is 17.6 Å². The van der Waals surface area contributed by atoms with Gasteiger partial charge in [-0.3, -0.25) is 9.59 Å². The standard InChI is InChI=1S/C22H25FN2O5/c1-2-29-21(28)18-8-7-17(30-18)14-24-19(26)9-11-22(12-10-20(27)25-22)13-15-3-5-16(23)6-4-15/h3-8H,2,9-14H2,1H3,(H,24,26)(H,25,27). The largest absolute Gasteiger partial charge is 0.460 e. The molecular weight excluding hydrogens is 391 g/mol. The molecule has 8 heteroatoms. The molecule has 0 saturated carbocycles. The number of halogens is 1. The number of carbonyl (C=O) groups is 3. The topological polar surface area (TPSA) is 97.6 Å². The second-order valence-corrected chi connectivity index (χ2v) is 7.39. The van der Waals surface area contributed by atoms with E-state index in [-0.39, 0.29) is 43.0 Å². The molecule has 1 atom stereocenters. The lowest BCUT2D eigenvalue weighted by Gasteiger charge is -2.29. The van der Waals surface area contributed by atoms with Crippen LogP contribution in [-0.4, -0.2) is 29.9 Å². The van der Waals surface area contributed by atoms with Crippen LogP contribution in [0.25, 0.3) is 0 Å². The fraction of sp³-hybridized carbons (Fsp3) is 0.409. The Morgan fingerprint density at radius 1 is 1.23 bits per heavy atom. The highest BCUT2D eigenvalue weighted by Crippen LogP contribution is 2.29. The molecule has 2 N–H and O–H groups in total. The number of carbonyl (C=O) groups excluding carboxylic acids is 3. The molecule has 1 aromatic heterocycles. The molecule has 2 heterocycles. The van der Waals surface area contributed by atoms with E-state index >= 15 is 0 Å². The zero-order chi connectivity index (χ0) is 21.6. The molecule has 0 radical (unpaired) electrons. The fourth-order valence-corrected chi connectivity index (χ4v) is 3.59. The summed E-state index contributed by atoms with van der Waals surface area (Å²) in [6, 6.07) is 9.28. The SMILES string of the molecule is CCOC(=O)c1ccc(CNC(=O)CCC2(Cc3ccc(F)cc3)CCC(=O)N2)o1. The maximum absolute atomic E-state index is 13.2. The third-order valence-electron chi connectivity index (χ3n) is 5.12. The third kappa shape index (κ3) is 5.68. The van der Waals surface area contributed by atoms with Gasteiger partial charge in [-0.1, -0.05) is 12.1 Å². The van der Waals surface area contributed by atoms with Crippen molar-refractivity contribution in [3.63, 3.8) is 0 Å². The summed E-state index contributed by atoms with van der Waals surface area (Å²) in [5.41, 5.74) is 0.384. The van der Waals surface area contributed by atoms with Crippen LogP contribution in [0.5, 0.6) is 0 Å². The van der Waals surface area contributed by atoms with E-state index in [1.807, 2.05) is 0 Å². The maximum atomic E-state index is 13.2. The van der Waals surface area contributed by atoms with E-state index in [1.54, 1.807) is 25.1 Å². The first-order valence-corrected chi connectivity index (χ1v) is 9.97. The number of amides is 2. The van der Waals surface area contributed by atoms with E-state index < -0.39 is 11.5 Å². The van der Waals surface area contributed by atoms with Gasteiger partial charge in [-0.05, 0) is 56.0 Å². The van der Waals surface area contributed by atoms with E-state index in [0.717, 1.165) is 5.56 Å². The number of hydrogen-bond donors (Lipinski definition) is 2. The third-order valence-corrected chi connectivity index (χ3v) is 5.12. The molecule has 0 spiro atoms. The van der Waals surface area contributed by atoms with Gasteiger partial charge in [0.25, 0.3) is 0 Å². The van der Waals surface area contributed by atoms with Gasteiger partial charge in [0, 0.05) is 18.4 Å². The average molecular weight is 416 g/mol. The Balaban J connectivity index is 1.53. The van der Waals surface area contributed by atoms with Crippen molar-refractivity contribution in [2.45, 2.75) is 51.1 Å². The average Bonchev–Trinajstić information content (AvgIpc) is 3.34. The van der Waals surface area contributed by atoms with Crippen LogP contribution in [0, 0.1) is 5.82 Å². The number of esters is 1. The van der Waals surface area contributed by atoms with Gasteiger partial charge in [0.15, 0.2) is 0 Å². The Labute approximate surface area is 174 Å². The van der Waals surface area contributed by atoms with Gasteiger partial charge < -0.3 is 19.8 Å². The van der Waals surface area contributed by atoms with Gasteiger partial charge >= 0.3 is 5.97 Å². The van der Waals surface area contributed by atoms with Gasteiger partial charge in [0.1, 0.15) is 11.6 Å². The minimum Gasteiger partial charge on any atom is -0.460 e. The monoisotopic (exact) mass is 416 g/mol. The molecular formula is C22H25FN2O5. The predicted octanol–water partition coefficient (Wildman–Crippen LogP) is 2.88. The zero-order valence-corrected chi connectivity index (χ0v) is 16.8. The summed E-state index contributed by atoms with van der Waals surface area (Å²) in [6.45, 7) is 2.11. The van der Waals surface area contributed by atoms with Gasteiger partial charge in [-0.25, -0.2) is 9.18 Å². The molecule has 0 aliphatic carbocycles. The van der Waals surface area contributed by atoms with Crippen LogP contribution >= 0.6 is 0 Å². The van der Waals surface area contributed by atoms with Crippen molar-refractivity contribution in [1.29, 1.82) is 0 Å². The number of ether oxygens (including phenoxy) is 1. The maximum Gasteiger partial charge on any atom is 0.374 e. The minimum atomic E-state index is -0.546. The van der Waals surface area contributed by atoms with Crippen LogP contribution < -0.4 is 10.6 Å². The fourth-order valence-electron chi connectivity index (χ4n) is 3.59. The van der Waals surface area contributed by atoms with Crippen molar-refractivity contribution in [2.75, 3.05) is 6.61 Å². The molecule has 7 nitrogen and oxygen atoms in total. The molecule has 30 heavy (non-hydrogen) atoms. The molecule has 1 aliphatic heterocycles. The van der Waals surface area contributed by atoms with Crippen molar-refractivity contribution in [3.8, 4) is 0 Å². The molecule has 1 aromatic carbocycles. The summed E-state index contributed by atoms with van der Waals surface area (Å²) in [7, 11) is 0. The van der Waals surface area contributed by atoms with Crippen molar-refractivity contribution in [2.24, 2.45) is 0 Å². The molecule has 1 aliphatic rings. The lowest BCUT2D eigenvalue weighted by atomic mass is 9.85. The number of rotatable bonds is 9. The first kappa shape index (κ1) is 21.5. The lowest BCUT2D eigenvalue weighted by Crippen LogP contribution is -2.44. The summed E-state index contributed by atoms with van der Waals surface area (Å²) in [5, 5.41) is 5.76. The Morgan fingerprint density at radius 2 is 2.00 bits per heavy atom. The number of hydrogen-bond acceptors (Lipinski definition) is 5. The van der Waals surface area contributed by atoms with E-state index in [4.69, 9.17) is 9.15 Å². The van der Waals surface area contributed by atoms with E-state index in [2.05, 4.69) is 10.6 Å². The molecule has 160 valence electrons. The second kappa shape index (κ2) is 9.56.